The van der Waals surface area contributed by atoms with Gasteiger partial charge in [-0.2, -0.15) is 0 Å². The summed E-state index contributed by atoms with van der Waals surface area (Å²) in [6.07, 6.45) is 3.89. The second-order valence-electron chi connectivity index (χ2n) is 5.46. The quantitative estimate of drug-likeness (QED) is 0.861. The highest BCUT2D eigenvalue weighted by atomic mass is 16.3. The number of benzene rings is 1. The summed E-state index contributed by atoms with van der Waals surface area (Å²) < 4.78 is 5.77. The lowest BCUT2D eigenvalue weighted by molar-refractivity contribution is 0.163. The van der Waals surface area contributed by atoms with E-state index in [1.807, 2.05) is 18.2 Å². The molecule has 2 N–H and O–H groups in total. The largest absolute Gasteiger partial charge is 0.439 e. The Hall–Kier alpha value is -1.55. The summed E-state index contributed by atoms with van der Waals surface area (Å²) in [5.41, 5.74) is 8.17. The molecule has 4 heteroatoms. The summed E-state index contributed by atoms with van der Waals surface area (Å²) in [6.45, 7) is 5.40. The van der Waals surface area contributed by atoms with E-state index in [9.17, 15) is 0 Å². The molecule has 0 unspecified atom stereocenters. The van der Waals surface area contributed by atoms with Crippen molar-refractivity contribution in [2.45, 2.75) is 32.7 Å². The zero-order valence-corrected chi connectivity index (χ0v) is 11.4. The predicted molar refractivity (Wildman–Crippen MR) is 76.7 cm³/mol. The van der Waals surface area contributed by atoms with Gasteiger partial charge < -0.3 is 10.2 Å². The van der Waals surface area contributed by atoms with Crippen LogP contribution >= 0.6 is 0 Å². The van der Waals surface area contributed by atoms with Gasteiger partial charge in [0.05, 0.1) is 6.54 Å². The third-order valence-corrected chi connectivity index (χ3v) is 4.10. The molecule has 1 saturated heterocycles. The number of nitrogen functional groups attached to an aromatic ring is 1. The van der Waals surface area contributed by atoms with Gasteiger partial charge in [-0.25, -0.2) is 4.98 Å². The second kappa shape index (κ2) is 5.21. The Morgan fingerprint density at radius 2 is 2.16 bits per heavy atom. The molecule has 19 heavy (non-hydrogen) atoms. The number of aromatic nitrogens is 1. The van der Waals surface area contributed by atoms with Crippen LogP contribution in [0.5, 0.6) is 0 Å². The number of fused-ring (bicyclic) bond motifs is 1. The Labute approximate surface area is 113 Å². The molecule has 1 aliphatic heterocycles. The maximum atomic E-state index is 5.77. The summed E-state index contributed by atoms with van der Waals surface area (Å²) in [5.74, 6) is 1.70. The number of anilines is 1. The maximum Gasteiger partial charge on any atom is 0.209 e. The Morgan fingerprint density at radius 3 is 2.89 bits per heavy atom. The van der Waals surface area contributed by atoms with Gasteiger partial charge in [-0.1, -0.05) is 13.3 Å². The van der Waals surface area contributed by atoms with Crippen LogP contribution in [0.2, 0.25) is 0 Å². The number of nitrogens with two attached hydrogens (primary N) is 1. The lowest BCUT2D eigenvalue weighted by Gasteiger charge is -2.30. The van der Waals surface area contributed by atoms with E-state index in [-0.39, 0.29) is 0 Å². The van der Waals surface area contributed by atoms with E-state index >= 15 is 0 Å². The molecule has 1 fully saturated rings. The van der Waals surface area contributed by atoms with Crippen LogP contribution < -0.4 is 5.73 Å². The van der Waals surface area contributed by atoms with Crippen LogP contribution in [-0.4, -0.2) is 23.0 Å². The molecule has 1 aromatic heterocycles. The number of nitrogens with zero attached hydrogens (tertiary/aromatic N) is 2. The van der Waals surface area contributed by atoms with Gasteiger partial charge in [-0.3, -0.25) is 4.90 Å². The van der Waals surface area contributed by atoms with E-state index in [0.717, 1.165) is 48.2 Å². The Morgan fingerprint density at radius 1 is 1.37 bits per heavy atom. The summed E-state index contributed by atoms with van der Waals surface area (Å²) in [5, 5.41) is 0. The van der Waals surface area contributed by atoms with Crippen molar-refractivity contribution < 1.29 is 4.42 Å². The highest BCUT2D eigenvalue weighted by molar-refractivity contribution is 5.76. The molecule has 1 aliphatic rings. The van der Waals surface area contributed by atoms with Crippen LogP contribution in [-0.2, 0) is 6.54 Å². The van der Waals surface area contributed by atoms with E-state index in [0.29, 0.717) is 0 Å². The molecule has 0 radical (unpaired) electrons. The monoisotopic (exact) mass is 259 g/mol. The van der Waals surface area contributed by atoms with Crippen molar-refractivity contribution in [3.8, 4) is 0 Å². The molecule has 4 nitrogen and oxygen atoms in total. The van der Waals surface area contributed by atoms with E-state index in [2.05, 4.69) is 16.8 Å². The number of rotatable bonds is 3. The van der Waals surface area contributed by atoms with Crippen LogP contribution in [0.4, 0.5) is 5.69 Å². The molecule has 0 bridgehead atoms. The Balaban J connectivity index is 1.68. The zero-order chi connectivity index (χ0) is 13.2. The smallest absolute Gasteiger partial charge is 0.209 e. The number of piperidine rings is 1. The molecule has 0 spiro atoms. The second-order valence-corrected chi connectivity index (χ2v) is 5.46. The number of hydrogen-bond donors (Lipinski definition) is 1. The van der Waals surface area contributed by atoms with Crippen LogP contribution in [0, 0.1) is 5.92 Å². The van der Waals surface area contributed by atoms with Gasteiger partial charge in [0.15, 0.2) is 5.58 Å². The standard InChI is InChI=1S/C15H21N3O/c1-2-11-5-7-18(8-6-11)10-15-17-13-9-12(16)3-4-14(13)19-15/h3-4,9,11H,2,5-8,10,16H2,1H3. The van der Waals surface area contributed by atoms with Gasteiger partial charge in [0.25, 0.3) is 0 Å². The fourth-order valence-electron chi connectivity index (χ4n) is 2.80. The van der Waals surface area contributed by atoms with E-state index in [1.165, 1.54) is 19.3 Å². The normalized spacial score (nSPS) is 18.2. The molecule has 2 heterocycles. The van der Waals surface area contributed by atoms with E-state index in [1.54, 1.807) is 0 Å². The maximum absolute atomic E-state index is 5.77. The van der Waals surface area contributed by atoms with Gasteiger partial charge in [-0.15, -0.1) is 0 Å². The van der Waals surface area contributed by atoms with Crippen molar-refractivity contribution in [2.75, 3.05) is 18.8 Å². The van der Waals surface area contributed by atoms with Crippen molar-refractivity contribution in [3.05, 3.63) is 24.1 Å². The Bertz CT molecular complexity index is 556. The minimum Gasteiger partial charge on any atom is -0.439 e. The van der Waals surface area contributed by atoms with Crippen molar-refractivity contribution in [2.24, 2.45) is 5.92 Å². The molecular formula is C15H21N3O. The first-order valence-electron chi connectivity index (χ1n) is 7.12. The SMILES string of the molecule is CCC1CCN(Cc2nc3cc(N)ccc3o2)CC1. The zero-order valence-electron chi connectivity index (χ0n) is 11.4. The first-order valence-corrected chi connectivity index (χ1v) is 7.12. The Kier molecular flexibility index (Phi) is 3.42. The van der Waals surface area contributed by atoms with Crippen molar-refractivity contribution >= 4 is 16.8 Å². The molecule has 3 rings (SSSR count). The molecule has 0 atom stereocenters. The number of oxazole rings is 1. The minimum atomic E-state index is 0.733. The molecule has 102 valence electrons. The average Bonchev–Trinajstić information content (AvgIpc) is 2.81. The third kappa shape index (κ3) is 2.73. The van der Waals surface area contributed by atoms with E-state index in [4.69, 9.17) is 10.2 Å². The first-order chi connectivity index (χ1) is 9.24. The minimum absolute atomic E-state index is 0.733. The van der Waals surface area contributed by atoms with Gasteiger partial charge in [0.1, 0.15) is 5.52 Å². The lowest BCUT2D eigenvalue weighted by Crippen LogP contribution is -2.33. The van der Waals surface area contributed by atoms with Crippen molar-refractivity contribution in [3.63, 3.8) is 0 Å². The molecule has 2 aromatic rings. The van der Waals surface area contributed by atoms with Crippen LogP contribution in [0.3, 0.4) is 0 Å². The summed E-state index contributed by atoms with van der Waals surface area (Å²) in [4.78, 5) is 6.95. The van der Waals surface area contributed by atoms with Crippen LogP contribution in [0.25, 0.3) is 11.1 Å². The van der Waals surface area contributed by atoms with Crippen LogP contribution in [0.15, 0.2) is 22.6 Å². The van der Waals surface area contributed by atoms with Crippen molar-refractivity contribution in [1.29, 1.82) is 0 Å². The van der Waals surface area contributed by atoms with Crippen LogP contribution in [0.1, 0.15) is 32.1 Å². The van der Waals surface area contributed by atoms with Gasteiger partial charge in [0.2, 0.25) is 5.89 Å². The molecule has 0 saturated carbocycles. The fraction of sp³-hybridized carbons (Fsp3) is 0.533. The third-order valence-electron chi connectivity index (χ3n) is 4.10. The summed E-state index contributed by atoms with van der Waals surface area (Å²) in [6, 6.07) is 5.61. The highest BCUT2D eigenvalue weighted by Crippen LogP contribution is 2.23. The molecule has 0 amide bonds. The number of likely N-dealkylation sites (tertiary alicyclic amines) is 1. The topological polar surface area (TPSA) is 55.3 Å². The molecule has 0 aliphatic carbocycles. The summed E-state index contributed by atoms with van der Waals surface area (Å²) in [7, 11) is 0. The molecule has 1 aromatic carbocycles. The number of hydrogen-bond acceptors (Lipinski definition) is 4. The summed E-state index contributed by atoms with van der Waals surface area (Å²) >= 11 is 0. The van der Waals surface area contributed by atoms with Gasteiger partial charge in [-0.05, 0) is 50.0 Å². The predicted octanol–water partition coefficient (Wildman–Crippen LogP) is 3.03. The highest BCUT2D eigenvalue weighted by Gasteiger charge is 2.19. The first kappa shape index (κ1) is 12.5. The average molecular weight is 259 g/mol. The lowest BCUT2D eigenvalue weighted by atomic mass is 9.94. The van der Waals surface area contributed by atoms with Gasteiger partial charge >= 0.3 is 0 Å². The van der Waals surface area contributed by atoms with Crippen molar-refractivity contribution in [1.82, 2.24) is 9.88 Å². The molecular weight excluding hydrogens is 238 g/mol. The van der Waals surface area contributed by atoms with Gasteiger partial charge in [0, 0.05) is 5.69 Å². The van der Waals surface area contributed by atoms with E-state index < -0.39 is 0 Å². The fourth-order valence-corrected chi connectivity index (χ4v) is 2.80.